The Morgan fingerprint density at radius 2 is 2.50 bits per heavy atom. The van der Waals surface area contributed by atoms with Gasteiger partial charge in [0.15, 0.2) is 0 Å². The van der Waals surface area contributed by atoms with Gasteiger partial charge in [-0.3, -0.25) is 4.79 Å². The third kappa shape index (κ3) is 1.48. The van der Waals surface area contributed by atoms with Gasteiger partial charge in [-0.1, -0.05) is 0 Å². The average molecular weight is 142 g/mol. The number of amides is 1. The van der Waals surface area contributed by atoms with E-state index in [1.165, 1.54) is 0 Å². The number of nitrogens with two attached hydrogens (primary N) is 1. The highest BCUT2D eigenvalue weighted by molar-refractivity contribution is 5.78. The Kier molecular flexibility index (Phi) is 2.27. The summed E-state index contributed by atoms with van der Waals surface area (Å²) >= 11 is 0. The zero-order chi connectivity index (χ0) is 7.56. The molecule has 57 valence electrons. The normalized spacial score (nSPS) is 33.7. The van der Waals surface area contributed by atoms with E-state index in [4.69, 9.17) is 10.5 Å². The SMILES string of the molecule is CC1OCC[CH]C1C(N)=O. The quantitative estimate of drug-likeness (QED) is 0.564. The number of hydrogen-bond donors (Lipinski definition) is 1. The second kappa shape index (κ2) is 3.01. The fourth-order valence-corrected chi connectivity index (χ4v) is 1.14. The highest BCUT2D eigenvalue weighted by Crippen LogP contribution is 2.18. The molecule has 1 fully saturated rings. The van der Waals surface area contributed by atoms with Crippen LogP contribution >= 0.6 is 0 Å². The summed E-state index contributed by atoms with van der Waals surface area (Å²) in [6.45, 7) is 2.58. The molecule has 1 amide bonds. The number of hydrogen-bond acceptors (Lipinski definition) is 2. The van der Waals surface area contributed by atoms with Gasteiger partial charge in [0.2, 0.25) is 5.91 Å². The first-order valence-electron chi connectivity index (χ1n) is 3.46. The van der Waals surface area contributed by atoms with Crippen molar-refractivity contribution in [2.24, 2.45) is 11.7 Å². The van der Waals surface area contributed by atoms with E-state index in [-0.39, 0.29) is 17.9 Å². The van der Waals surface area contributed by atoms with Gasteiger partial charge in [0.1, 0.15) is 0 Å². The Balaban J connectivity index is 2.47. The molecule has 0 spiro atoms. The first-order chi connectivity index (χ1) is 4.72. The van der Waals surface area contributed by atoms with Crippen molar-refractivity contribution in [1.82, 2.24) is 0 Å². The fraction of sp³-hybridized carbons (Fsp3) is 0.714. The summed E-state index contributed by atoms with van der Waals surface area (Å²) in [5.41, 5.74) is 5.11. The van der Waals surface area contributed by atoms with Crippen molar-refractivity contribution >= 4 is 5.91 Å². The summed E-state index contributed by atoms with van der Waals surface area (Å²) < 4.78 is 5.22. The molecule has 0 aromatic carbocycles. The molecular formula is C7H12NO2. The van der Waals surface area contributed by atoms with Crippen molar-refractivity contribution in [2.45, 2.75) is 19.4 Å². The minimum Gasteiger partial charge on any atom is -0.378 e. The summed E-state index contributed by atoms with van der Waals surface area (Å²) in [5, 5.41) is 0. The summed E-state index contributed by atoms with van der Waals surface area (Å²) in [7, 11) is 0. The van der Waals surface area contributed by atoms with Gasteiger partial charge in [0, 0.05) is 6.61 Å². The highest BCUT2D eigenvalue weighted by Gasteiger charge is 2.26. The van der Waals surface area contributed by atoms with Crippen LogP contribution in [-0.4, -0.2) is 18.6 Å². The molecule has 0 aliphatic carbocycles. The van der Waals surface area contributed by atoms with Crippen LogP contribution in [0.25, 0.3) is 0 Å². The molecule has 1 aliphatic rings. The van der Waals surface area contributed by atoms with Gasteiger partial charge in [-0.25, -0.2) is 0 Å². The predicted molar refractivity (Wildman–Crippen MR) is 37.0 cm³/mol. The first-order valence-corrected chi connectivity index (χ1v) is 3.46. The maximum absolute atomic E-state index is 10.7. The van der Waals surface area contributed by atoms with Gasteiger partial charge in [-0.15, -0.1) is 0 Å². The number of rotatable bonds is 1. The molecule has 0 bridgehead atoms. The van der Waals surface area contributed by atoms with Crippen LogP contribution in [0.5, 0.6) is 0 Å². The van der Waals surface area contributed by atoms with Crippen LogP contribution in [0.3, 0.4) is 0 Å². The van der Waals surface area contributed by atoms with Gasteiger partial charge in [-0.2, -0.15) is 0 Å². The highest BCUT2D eigenvalue weighted by atomic mass is 16.5. The van der Waals surface area contributed by atoms with Crippen LogP contribution in [-0.2, 0) is 9.53 Å². The zero-order valence-electron chi connectivity index (χ0n) is 6.04. The summed E-state index contributed by atoms with van der Waals surface area (Å²) in [4.78, 5) is 10.7. The maximum atomic E-state index is 10.7. The second-order valence-electron chi connectivity index (χ2n) is 2.53. The van der Waals surface area contributed by atoms with Crippen molar-refractivity contribution < 1.29 is 9.53 Å². The van der Waals surface area contributed by atoms with Crippen molar-refractivity contribution in [1.29, 1.82) is 0 Å². The minimum atomic E-state index is -0.285. The van der Waals surface area contributed by atoms with Crippen molar-refractivity contribution in [3.63, 3.8) is 0 Å². The maximum Gasteiger partial charge on any atom is 0.223 e. The third-order valence-corrected chi connectivity index (χ3v) is 1.75. The smallest absolute Gasteiger partial charge is 0.223 e. The number of primary amides is 1. The molecule has 0 aromatic rings. The molecule has 3 heteroatoms. The topological polar surface area (TPSA) is 52.3 Å². The van der Waals surface area contributed by atoms with Crippen LogP contribution < -0.4 is 5.73 Å². The predicted octanol–water partition coefficient (Wildman–Crippen LogP) is 0.101. The van der Waals surface area contributed by atoms with E-state index in [2.05, 4.69) is 0 Å². The van der Waals surface area contributed by atoms with E-state index < -0.39 is 0 Å². The van der Waals surface area contributed by atoms with E-state index in [0.717, 1.165) is 6.42 Å². The Hall–Kier alpha value is -0.570. The van der Waals surface area contributed by atoms with Gasteiger partial charge < -0.3 is 10.5 Å². The molecule has 10 heavy (non-hydrogen) atoms. The Labute approximate surface area is 60.5 Å². The summed E-state index contributed by atoms with van der Waals surface area (Å²) in [6.07, 6.45) is 2.72. The van der Waals surface area contributed by atoms with Gasteiger partial charge >= 0.3 is 0 Å². The van der Waals surface area contributed by atoms with Crippen LogP contribution in [0.4, 0.5) is 0 Å². The van der Waals surface area contributed by atoms with Crippen LogP contribution in [0.1, 0.15) is 13.3 Å². The van der Waals surface area contributed by atoms with Crippen LogP contribution in [0, 0.1) is 12.3 Å². The number of ether oxygens (including phenoxy) is 1. The van der Waals surface area contributed by atoms with Crippen molar-refractivity contribution in [2.75, 3.05) is 6.61 Å². The molecule has 1 saturated heterocycles. The van der Waals surface area contributed by atoms with Crippen molar-refractivity contribution in [3.8, 4) is 0 Å². The lowest BCUT2D eigenvalue weighted by Gasteiger charge is -2.25. The van der Waals surface area contributed by atoms with Crippen LogP contribution in [0.2, 0.25) is 0 Å². The Morgan fingerprint density at radius 1 is 1.80 bits per heavy atom. The lowest BCUT2D eigenvalue weighted by Crippen LogP contribution is -2.37. The molecule has 2 atom stereocenters. The van der Waals surface area contributed by atoms with E-state index in [9.17, 15) is 4.79 Å². The number of carbonyl (C=O) groups excluding carboxylic acids is 1. The third-order valence-electron chi connectivity index (χ3n) is 1.75. The molecule has 1 heterocycles. The molecule has 1 radical (unpaired) electrons. The Morgan fingerprint density at radius 3 is 2.90 bits per heavy atom. The van der Waals surface area contributed by atoms with Crippen LogP contribution in [0.15, 0.2) is 0 Å². The molecule has 0 saturated carbocycles. The van der Waals surface area contributed by atoms with E-state index in [0.29, 0.717) is 6.61 Å². The lowest BCUT2D eigenvalue weighted by molar-refractivity contribution is -0.126. The van der Waals surface area contributed by atoms with Gasteiger partial charge in [0.25, 0.3) is 0 Å². The minimum absolute atomic E-state index is 0.0359. The van der Waals surface area contributed by atoms with Gasteiger partial charge in [0.05, 0.1) is 12.0 Å². The van der Waals surface area contributed by atoms with E-state index >= 15 is 0 Å². The summed E-state index contributed by atoms with van der Waals surface area (Å²) in [6, 6.07) is 0. The van der Waals surface area contributed by atoms with Crippen molar-refractivity contribution in [3.05, 3.63) is 6.42 Å². The monoisotopic (exact) mass is 142 g/mol. The molecule has 1 aliphatic heterocycles. The van der Waals surface area contributed by atoms with E-state index in [1.54, 1.807) is 0 Å². The molecule has 1 rings (SSSR count). The summed E-state index contributed by atoms with van der Waals surface area (Å²) in [5.74, 6) is -0.471. The number of carbonyl (C=O) groups is 1. The standard InChI is InChI=1S/C7H12NO2/c1-5-6(7(8)9)3-2-4-10-5/h3,5-6H,2,4H2,1H3,(H2,8,9). The zero-order valence-corrected chi connectivity index (χ0v) is 6.04. The van der Waals surface area contributed by atoms with E-state index in [1.807, 2.05) is 13.3 Å². The first kappa shape index (κ1) is 7.54. The molecule has 3 nitrogen and oxygen atoms in total. The molecule has 2 unspecified atom stereocenters. The Bertz CT molecular complexity index is 136. The lowest BCUT2D eigenvalue weighted by atomic mass is 9.95. The fourth-order valence-electron chi connectivity index (χ4n) is 1.14. The average Bonchev–Trinajstić information content (AvgIpc) is 1.88. The molecule has 0 aromatic heterocycles. The molecular weight excluding hydrogens is 130 g/mol. The van der Waals surface area contributed by atoms with Gasteiger partial charge in [-0.05, 0) is 19.8 Å². The molecule has 2 N–H and O–H groups in total. The largest absolute Gasteiger partial charge is 0.378 e. The second-order valence-corrected chi connectivity index (χ2v) is 2.53.